The number of nitrogens with zero attached hydrogens (tertiary/aromatic N) is 1. The van der Waals surface area contributed by atoms with E-state index in [9.17, 15) is 4.79 Å². The fraction of sp³-hybridized carbons (Fsp3) is 0.667. The summed E-state index contributed by atoms with van der Waals surface area (Å²) in [6.07, 6.45) is 2.64. The number of carboxylic acid groups (broad SMARTS) is 1. The minimum absolute atomic E-state index is 0.270. The standard InChI is InChI=1S/C15H22BrNO2S/c1-10(6-15(18)19)12-4-3-5-17(8-12)9-13-7-14(16)11(2)20-13/h7,10,12H,3-6,8-9H2,1-2H3,(H,18,19). The van der Waals surface area contributed by atoms with Gasteiger partial charge in [-0.05, 0) is 60.1 Å². The van der Waals surface area contributed by atoms with Gasteiger partial charge in [-0.2, -0.15) is 0 Å². The number of aliphatic carboxylic acids is 1. The molecule has 2 atom stereocenters. The lowest BCUT2D eigenvalue weighted by molar-refractivity contribution is -0.138. The van der Waals surface area contributed by atoms with Gasteiger partial charge in [0.05, 0.1) is 0 Å². The van der Waals surface area contributed by atoms with E-state index in [1.54, 1.807) is 0 Å². The first-order valence-electron chi connectivity index (χ1n) is 7.14. The third-order valence-corrected chi connectivity index (χ3v) is 6.25. The van der Waals surface area contributed by atoms with Crippen LogP contribution in [0.4, 0.5) is 0 Å². The molecular formula is C15H22BrNO2S. The Labute approximate surface area is 133 Å². The fourth-order valence-electron chi connectivity index (χ4n) is 2.96. The molecule has 1 N–H and O–H groups in total. The van der Waals surface area contributed by atoms with E-state index < -0.39 is 5.97 Å². The number of hydrogen-bond acceptors (Lipinski definition) is 3. The van der Waals surface area contributed by atoms with E-state index in [1.165, 1.54) is 20.6 Å². The van der Waals surface area contributed by atoms with Gasteiger partial charge in [-0.15, -0.1) is 11.3 Å². The molecule has 0 aromatic carbocycles. The lowest BCUT2D eigenvalue weighted by atomic mass is 9.84. The Morgan fingerprint density at radius 2 is 2.40 bits per heavy atom. The van der Waals surface area contributed by atoms with E-state index in [2.05, 4.69) is 40.7 Å². The number of halogens is 1. The summed E-state index contributed by atoms with van der Waals surface area (Å²) in [6.45, 7) is 7.36. The van der Waals surface area contributed by atoms with Gasteiger partial charge < -0.3 is 5.11 Å². The first-order chi connectivity index (χ1) is 9.45. The molecule has 1 saturated heterocycles. The zero-order valence-corrected chi connectivity index (χ0v) is 14.5. The topological polar surface area (TPSA) is 40.5 Å². The zero-order chi connectivity index (χ0) is 14.7. The van der Waals surface area contributed by atoms with Crippen molar-refractivity contribution < 1.29 is 9.90 Å². The smallest absolute Gasteiger partial charge is 0.303 e. The average Bonchev–Trinajstić information content (AvgIpc) is 2.67. The summed E-state index contributed by atoms with van der Waals surface area (Å²) < 4.78 is 1.20. The van der Waals surface area contributed by atoms with Crippen molar-refractivity contribution in [2.45, 2.75) is 39.7 Å². The third-order valence-electron chi connectivity index (χ3n) is 4.13. The van der Waals surface area contributed by atoms with Crippen molar-refractivity contribution in [2.75, 3.05) is 13.1 Å². The van der Waals surface area contributed by atoms with Gasteiger partial charge in [-0.25, -0.2) is 0 Å². The van der Waals surface area contributed by atoms with Crippen LogP contribution in [-0.2, 0) is 11.3 Å². The van der Waals surface area contributed by atoms with Gasteiger partial charge in [0.25, 0.3) is 0 Å². The van der Waals surface area contributed by atoms with Crippen LogP contribution in [0.25, 0.3) is 0 Å². The summed E-state index contributed by atoms with van der Waals surface area (Å²) in [6, 6.07) is 2.21. The fourth-order valence-corrected chi connectivity index (χ4v) is 4.60. The Balaban J connectivity index is 1.91. The molecule has 1 aliphatic heterocycles. The SMILES string of the molecule is Cc1sc(CN2CCCC(C(C)CC(=O)O)C2)cc1Br. The molecule has 20 heavy (non-hydrogen) atoms. The number of carboxylic acids is 1. The van der Waals surface area contributed by atoms with Crippen molar-refractivity contribution in [3.63, 3.8) is 0 Å². The minimum atomic E-state index is -0.674. The van der Waals surface area contributed by atoms with E-state index >= 15 is 0 Å². The highest BCUT2D eigenvalue weighted by Gasteiger charge is 2.26. The van der Waals surface area contributed by atoms with Crippen molar-refractivity contribution in [1.29, 1.82) is 0 Å². The Bertz CT molecular complexity index is 455. The van der Waals surface area contributed by atoms with Crippen molar-refractivity contribution in [3.8, 4) is 0 Å². The highest BCUT2D eigenvalue weighted by atomic mass is 79.9. The molecule has 5 heteroatoms. The second kappa shape index (κ2) is 7.05. The maximum atomic E-state index is 10.8. The lowest BCUT2D eigenvalue weighted by Gasteiger charge is -2.35. The van der Waals surface area contributed by atoms with Crippen molar-refractivity contribution in [3.05, 3.63) is 20.3 Å². The molecule has 1 aromatic rings. The molecule has 0 bridgehead atoms. The molecule has 2 rings (SSSR count). The van der Waals surface area contributed by atoms with Crippen LogP contribution in [0.2, 0.25) is 0 Å². The summed E-state index contributed by atoms with van der Waals surface area (Å²) in [5.41, 5.74) is 0. The second-order valence-electron chi connectivity index (χ2n) is 5.83. The maximum Gasteiger partial charge on any atom is 0.303 e. The Morgan fingerprint density at radius 3 is 3.00 bits per heavy atom. The molecule has 112 valence electrons. The van der Waals surface area contributed by atoms with Crippen LogP contribution in [0.5, 0.6) is 0 Å². The largest absolute Gasteiger partial charge is 0.481 e. The molecule has 0 spiro atoms. The van der Waals surface area contributed by atoms with E-state index in [0.29, 0.717) is 12.3 Å². The summed E-state index contributed by atoms with van der Waals surface area (Å²) in [5.74, 6) is 0.115. The van der Waals surface area contributed by atoms with E-state index in [-0.39, 0.29) is 5.92 Å². The molecular weight excluding hydrogens is 338 g/mol. The Hall–Kier alpha value is -0.390. The first-order valence-corrected chi connectivity index (χ1v) is 8.75. The summed E-state index contributed by atoms with van der Waals surface area (Å²) >= 11 is 5.42. The molecule has 0 radical (unpaired) electrons. The zero-order valence-electron chi connectivity index (χ0n) is 12.1. The molecule has 2 heterocycles. The van der Waals surface area contributed by atoms with Gasteiger partial charge in [0, 0.05) is 33.7 Å². The predicted molar refractivity (Wildman–Crippen MR) is 86.2 cm³/mol. The van der Waals surface area contributed by atoms with Crippen LogP contribution >= 0.6 is 27.3 Å². The number of likely N-dealkylation sites (tertiary alicyclic amines) is 1. The van der Waals surface area contributed by atoms with Crippen molar-refractivity contribution in [1.82, 2.24) is 4.90 Å². The highest BCUT2D eigenvalue weighted by molar-refractivity contribution is 9.10. The number of aryl methyl sites for hydroxylation is 1. The van der Waals surface area contributed by atoms with Gasteiger partial charge in [0.1, 0.15) is 0 Å². The number of carbonyl (C=O) groups is 1. The van der Waals surface area contributed by atoms with Gasteiger partial charge in [-0.3, -0.25) is 9.69 Å². The first kappa shape index (κ1) is 16.0. The second-order valence-corrected chi connectivity index (χ2v) is 8.02. The van der Waals surface area contributed by atoms with E-state index in [1.807, 2.05) is 11.3 Å². The van der Waals surface area contributed by atoms with Crippen molar-refractivity contribution >= 4 is 33.2 Å². The van der Waals surface area contributed by atoms with Crippen LogP contribution < -0.4 is 0 Å². The molecule has 0 saturated carbocycles. The minimum Gasteiger partial charge on any atom is -0.481 e. The van der Waals surface area contributed by atoms with Crippen LogP contribution in [0, 0.1) is 18.8 Å². The average molecular weight is 360 g/mol. The quantitative estimate of drug-likeness (QED) is 0.858. The van der Waals surface area contributed by atoms with Crippen LogP contribution in [0.1, 0.15) is 35.9 Å². The van der Waals surface area contributed by atoms with Gasteiger partial charge in [0.15, 0.2) is 0 Å². The Morgan fingerprint density at radius 1 is 1.65 bits per heavy atom. The van der Waals surface area contributed by atoms with Crippen LogP contribution in [0.15, 0.2) is 10.5 Å². The molecule has 1 aromatic heterocycles. The molecule has 2 unspecified atom stereocenters. The summed E-state index contributed by atoms with van der Waals surface area (Å²) in [7, 11) is 0. The van der Waals surface area contributed by atoms with Crippen molar-refractivity contribution in [2.24, 2.45) is 11.8 Å². The normalized spacial score (nSPS) is 21.9. The predicted octanol–water partition coefficient (Wildman–Crippen LogP) is 4.14. The third kappa shape index (κ3) is 4.30. The van der Waals surface area contributed by atoms with E-state index in [4.69, 9.17) is 5.11 Å². The molecule has 0 amide bonds. The molecule has 3 nitrogen and oxygen atoms in total. The van der Waals surface area contributed by atoms with Gasteiger partial charge >= 0.3 is 5.97 Å². The molecule has 1 aliphatic rings. The van der Waals surface area contributed by atoms with Crippen LogP contribution in [-0.4, -0.2) is 29.1 Å². The molecule has 0 aliphatic carbocycles. The van der Waals surface area contributed by atoms with E-state index in [0.717, 1.165) is 26.1 Å². The lowest BCUT2D eigenvalue weighted by Crippen LogP contribution is -2.37. The summed E-state index contributed by atoms with van der Waals surface area (Å²) in [4.78, 5) is 16.0. The number of thiophene rings is 1. The van der Waals surface area contributed by atoms with Crippen LogP contribution in [0.3, 0.4) is 0 Å². The number of piperidine rings is 1. The number of hydrogen-bond donors (Lipinski definition) is 1. The van der Waals surface area contributed by atoms with Gasteiger partial charge in [-0.1, -0.05) is 6.92 Å². The summed E-state index contributed by atoms with van der Waals surface area (Å²) in [5, 5.41) is 8.93. The molecule has 1 fully saturated rings. The maximum absolute atomic E-state index is 10.8. The monoisotopic (exact) mass is 359 g/mol. The number of rotatable bonds is 5. The van der Waals surface area contributed by atoms with Gasteiger partial charge in [0.2, 0.25) is 0 Å². The Kier molecular flexibility index (Phi) is 5.64. The highest BCUT2D eigenvalue weighted by Crippen LogP contribution is 2.30.